The summed E-state index contributed by atoms with van der Waals surface area (Å²) in [4.78, 5) is 32.0. The molecule has 0 bridgehead atoms. The minimum atomic E-state index is -0.961. The molecule has 1 aromatic heterocycles. The molecule has 0 N–H and O–H groups in total. The van der Waals surface area contributed by atoms with Crippen molar-refractivity contribution in [3.05, 3.63) is 95.3 Å². The minimum Gasteiger partial charge on any atom is -0.317 e. The summed E-state index contributed by atoms with van der Waals surface area (Å²) in [5, 5.41) is 0. The van der Waals surface area contributed by atoms with Gasteiger partial charge in [0.25, 0.3) is 0 Å². The van der Waals surface area contributed by atoms with Crippen LogP contribution in [0.3, 0.4) is 0 Å². The summed E-state index contributed by atoms with van der Waals surface area (Å²) in [5.74, 6) is -2.58. The summed E-state index contributed by atoms with van der Waals surface area (Å²) in [6.45, 7) is 1.76. The van der Waals surface area contributed by atoms with Crippen molar-refractivity contribution >= 4 is 17.6 Å². The van der Waals surface area contributed by atoms with Gasteiger partial charge in [0.05, 0.1) is 12.0 Å². The van der Waals surface area contributed by atoms with E-state index in [-0.39, 0.29) is 12.8 Å². The predicted octanol–water partition coefficient (Wildman–Crippen LogP) is 4.65. The first-order valence-corrected chi connectivity index (χ1v) is 9.84. The van der Waals surface area contributed by atoms with Crippen molar-refractivity contribution in [2.75, 3.05) is 11.9 Å². The fraction of sp³-hybridized carbons (Fsp3) is 0.208. The van der Waals surface area contributed by atoms with Crippen LogP contribution in [-0.4, -0.2) is 28.9 Å². The lowest BCUT2D eigenvalue weighted by Gasteiger charge is -2.45. The maximum absolute atomic E-state index is 15.0. The standard InChI is InChI=1S/C24H21F2N3O2/c1-24(18-8-4-3-5-9-18)14-21(30)29(23(31)28(24)2)22-19(25)12-17(13-20(22)26)11-16-7-6-10-27-15-16/h3-10,12-13,15H,11,14H2,1-2H3/t24-/m1/s1. The molecule has 0 aliphatic carbocycles. The average Bonchev–Trinajstić information content (AvgIpc) is 2.75. The molecule has 158 valence electrons. The maximum Gasteiger partial charge on any atom is 0.332 e. The fourth-order valence-electron chi connectivity index (χ4n) is 3.95. The summed E-state index contributed by atoms with van der Waals surface area (Å²) < 4.78 is 29.9. The van der Waals surface area contributed by atoms with Crippen molar-refractivity contribution in [3.8, 4) is 0 Å². The van der Waals surface area contributed by atoms with Gasteiger partial charge in [-0.25, -0.2) is 18.5 Å². The Morgan fingerprint density at radius 3 is 2.29 bits per heavy atom. The van der Waals surface area contributed by atoms with E-state index < -0.39 is 34.8 Å². The number of benzene rings is 2. The Morgan fingerprint density at radius 2 is 1.68 bits per heavy atom. The molecular weight excluding hydrogens is 400 g/mol. The van der Waals surface area contributed by atoms with Crippen molar-refractivity contribution in [1.82, 2.24) is 9.88 Å². The first-order valence-electron chi connectivity index (χ1n) is 9.84. The SMILES string of the molecule is CN1C(=O)N(c2c(F)cc(Cc3cccnc3)cc2F)C(=O)C[C@]1(C)c1ccccc1. The lowest BCUT2D eigenvalue weighted by molar-refractivity contribution is -0.122. The zero-order valence-corrected chi connectivity index (χ0v) is 17.2. The molecule has 4 rings (SSSR count). The Bertz CT molecular complexity index is 1120. The number of carbonyl (C=O) groups is 2. The van der Waals surface area contributed by atoms with E-state index in [1.807, 2.05) is 30.3 Å². The third-order valence-corrected chi connectivity index (χ3v) is 5.79. The van der Waals surface area contributed by atoms with Crippen LogP contribution in [0.5, 0.6) is 0 Å². The van der Waals surface area contributed by atoms with E-state index in [0.717, 1.165) is 23.3 Å². The Balaban J connectivity index is 1.67. The van der Waals surface area contributed by atoms with Gasteiger partial charge in [-0.3, -0.25) is 9.78 Å². The Morgan fingerprint density at radius 1 is 1.00 bits per heavy atom. The number of amides is 3. The maximum atomic E-state index is 15.0. The molecule has 3 aromatic rings. The zero-order valence-electron chi connectivity index (χ0n) is 17.2. The molecule has 0 spiro atoms. The van der Waals surface area contributed by atoms with E-state index in [1.54, 1.807) is 31.5 Å². The lowest BCUT2D eigenvalue weighted by atomic mass is 9.85. The van der Waals surface area contributed by atoms with Crippen LogP contribution in [0.4, 0.5) is 19.3 Å². The lowest BCUT2D eigenvalue weighted by Crippen LogP contribution is -2.60. The molecule has 1 aliphatic rings. The number of carbonyl (C=O) groups excluding carboxylic acids is 2. The molecule has 1 atom stereocenters. The van der Waals surface area contributed by atoms with E-state index in [0.29, 0.717) is 10.5 Å². The van der Waals surface area contributed by atoms with Gasteiger partial charge in [0.15, 0.2) is 11.6 Å². The summed E-state index contributed by atoms with van der Waals surface area (Å²) in [6, 6.07) is 14.2. The quantitative estimate of drug-likeness (QED) is 0.616. The molecule has 2 aromatic carbocycles. The molecule has 2 heterocycles. The summed E-state index contributed by atoms with van der Waals surface area (Å²) in [6.07, 6.45) is 3.40. The van der Waals surface area contributed by atoms with Crippen LogP contribution in [0.25, 0.3) is 0 Å². The molecule has 31 heavy (non-hydrogen) atoms. The fourth-order valence-corrected chi connectivity index (χ4v) is 3.95. The van der Waals surface area contributed by atoms with E-state index >= 15 is 0 Å². The molecule has 1 saturated heterocycles. The number of urea groups is 1. The molecular formula is C24H21F2N3O2. The normalized spacial score (nSPS) is 19.1. The number of pyridine rings is 1. The van der Waals surface area contributed by atoms with Gasteiger partial charge in [0.1, 0.15) is 5.69 Å². The van der Waals surface area contributed by atoms with Gasteiger partial charge >= 0.3 is 6.03 Å². The number of halogens is 2. The summed E-state index contributed by atoms with van der Waals surface area (Å²) in [5.41, 5.74) is 0.376. The third-order valence-electron chi connectivity index (χ3n) is 5.79. The van der Waals surface area contributed by atoms with Crippen LogP contribution in [0, 0.1) is 11.6 Å². The molecule has 5 nitrogen and oxygen atoms in total. The van der Waals surface area contributed by atoms with Crippen molar-refractivity contribution in [2.45, 2.75) is 25.3 Å². The number of anilines is 1. The highest BCUT2D eigenvalue weighted by Crippen LogP contribution is 2.39. The van der Waals surface area contributed by atoms with Gasteiger partial charge in [-0.05, 0) is 48.2 Å². The second-order valence-electron chi connectivity index (χ2n) is 7.83. The smallest absolute Gasteiger partial charge is 0.317 e. The van der Waals surface area contributed by atoms with Crippen LogP contribution in [0.1, 0.15) is 30.0 Å². The molecule has 0 saturated carbocycles. The zero-order chi connectivity index (χ0) is 22.2. The van der Waals surface area contributed by atoms with Gasteiger partial charge in [-0.1, -0.05) is 36.4 Å². The number of imide groups is 1. The summed E-state index contributed by atoms with van der Waals surface area (Å²) in [7, 11) is 1.53. The molecule has 0 radical (unpaired) electrons. The number of hydrogen-bond acceptors (Lipinski definition) is 3. The highest BCUT2D eigenvalue weighted by atomic mass is 19.1. The molecule has 1 aliphatic heterocycles. The largest absolute Gasteiger partial charge is 0.332 e. The van der Waals surface area contributed by atoms with Crippen molar-refractivity contribution in [2.24, 2.45) is 0 Å². The Labute approximate surface area is 178 Å². The molecule has 1 fully saturated rings. The van der Waals surface area contributed by atoms with Gasteiger partial charge in [0, 0.05) is 19.4 Å². The first-order chi connectivity index (χ1) is 14.8. The second kappa shape index (κ2) is 7.91. The first kappa shape index (κ1) is 20.7. The predicted molar refractivity (Wildman–Crippen MR) is 112 cm³/mol. The van der Waals surface area contributed by atoms with Crippen molar-refractivity contribution in [1.29, 1.82) is 0 Å². The van der Waals surface area contributed by atoms with Crippen LogP contribution < -0.4 is 4.90 Å². The number of rotatable bonds is 4. The van der Waals surface area contributed by atoms with Gasteiger partial charge < -0.3 is 4.90 Å². The highest BCUT2D eigenvalue weighted by Gasteiger charge is 2.47. The number of aromatic nitrogens is 1. The summed E-state index contributed by atoms with van der Waals surface area (Å²) >= 11 is 0. The molecule has 0 unspecified atom stereocenters. The van der Waals surface area contributed by atoms with E-state index in [1.165, 1.54) is 11.9 Å². The van der Waals surface area contributed by atoms with Crippen molar-refractivity contribution < 1.29 is 18.4 Å². The average molecular weight is 421 g/mol. The molecule has 3 amide bonds. The number of hydrogen-bond donors (Lipinski definition) is 0. The minimum absolute atomic E-state index is 0.102. The topological polar surface area (TPSA) is 53.5 Å². The third kappa shape index (κ3) is 3.67. The van der Waals surface area contributed by atoms with Crippen molar-refractivity contribution in [3.63, 3.8) is 0 Å². The Hall–Kier alpha value is -3.61. The van der Waals surface area contributed by atoms with E-state index in [2.05, 4.69) is 4.98 Å². The number of nitrogens with zero attached hydrogens (tertiary/aromatic N) is 3. The van der Waals surface area contributed by atoms with Crippen LogP contribution in [0.15, 0.2) is 67.0 Å². The molecule has 7 heteroatoms. The van der Waals surface area contributed by atoms with Crippen LogP contribution >= 0.6 is 0 Å². The monoisotopic (exact) mass is 421 g/mol. The van der Waals surface area contributed by atoms with Crippen LogP contribution in [-0.2, 0) is 16.8 Å². The van der Waals surface area contributed by atoms with E-state index in [9.17, 15) is 18.4 Å². The van der Waals surface area contributed by atoms with Crippen LogP contribution in [0.2, 0.25) is 0 Å². The highest BCUT2D eigenvalue weighted by molar-refractivity contribution is 6.16. The van der Waals surface area contributed by atoms with Gasteiger partial charge in [0.2, 0.25) is 5.91 Å². The second-order valence-corrected chi connectivity index (χ2v) is 7.83. The van der Waals surface area contributed by atoms with E-state index in [4.69, 9.17) is 0 Å². The Kier molecular flexibility index (Phi) is 5.27. The van der Waals surface area contributed by atoms with Gasteiger partial charge in [-0.15, -0.1) is 0 Å². The van der Waals surface area contributed by atoms with Gasteiger partial charge in [-0.2, -0.15) is 0 Å².